The minimum atomic E-state index is -4.28. The number of ether oxygens (including phenoxy) is 1. The molecule has 0 aromatic heterocycles. The second kappa shape index (κ2) is 16.0. The minimum Gasteiger partial charge on any atom is -0.497 e. The average molecular weight is 683 g/mol. The van der Waals surface area contributed by atoms with Crippen LogP contribution in [0.5, 0.6) is 5.75 Å². The molecule has 0 aliphatic rings. The van der Waals surface area contributed by atoms with Gasteiger partial charge in [0.05, 0.1) is 17.7 Å². The minimum absolute atomic E-state index is 0.0121. The molecule has 4 aromatic carbocycles. The normalized spacial score (nSPS) is 12.0. The molecule has 0 heterocycles. The summed E-state index contributed by atoms with van der Waals surface area (Å²) in [4.78, 5) is 29.8. The molecule has 2 amide bonds. The third kappa shape index (κ3) is 9.25. The summed E-state index contributed by atoms with van der Waals surface area (Å²) < 4.78 is 34.6. The number of carbonyl (C=O) groups is 2. The molecule has 0 fully saturated rings. The fraction of sp³-hybridized carbons (Fsp3) is 0.257. The maximum absolute atomic E-state index is 14.6. The number of benzene rings is 4. The Bertz CT molecular complexity index is 1720. The molecule has 46 heavy (non-hydrogen) atoms. The van der Waals surface area contributed by atoms with Crippen molar-refractivity contribution in [3.05, 3.63) is 124 Å². The maximum atomic E-state index is 14.6. The van der Waals surface area contributed by atoms with E-state index in [2.05, 4.69) is 5.32 Å². The first-order chi connectivity index (χ1) is 22.0. The van der Waals surface area contributed by atoms with E-state index in [9.17, 15) is 18.0 Å². The lowest BCUT2D eigenvalue weighted by atomic mass is 10.0. The highest BCUT2D eigenvalue weighted by atomic mass is 35.5. The van der Waals surface area contributed by atoms with Crippen LogP contribution in [0.15, 0.2) is 108 Å². The zero-order chi connectivity index (χ0) is 33.3. The van der Waals surface area contributed by atoms with Gasteiger partial charge in [-0.15, -0.1) is 0 Å². The fourth-order valence-electron chi connectivity index (χ4n) is 4.88. The molecule has 11 heteroatoms. The van der Waals surface area contributed by atoms with Crippen LogP contribution in [0, 0.1) is 5.92 Å². The van der Waals surface area contributed by atoms with E-state index in [0.717, 1.165) is 9.87 Å². The van der Waals surface area contributed by atoms with E-state index in [1.54, 1.807) is 43.5 Å². The van der Waals surface area contributed by atoms with Crippen molar-refractivity contribution in [2.24, 2.45) is 5.92 Å². The number of halogens is 2. The Morgan fingerprint density at radius 3 is 2.04 bits per heavy atom. The Morgan fingerprint density at radius 1 is 0.826 bits per heavy atom. The lowest BCUT2D eigenvalue weighted by molar-refractivity contribution is -0.140. The molecule has 0 aliphatic heterocycles. The van der Waals surface area contributed by atoms with Crippen LogP contribution in [0.25, 0.3) is 0 Å². The van der Waals surface area contributed by atoms with Crippen molar-refractivity contribution in [1.29, 1.82) is 0 Å². The van der Waals surface area contributed by atoms with Gasteiger partial charge < -0.3 is 15.0 Å². The summed E-state index contributed by atoms with van der Waals surface area (Å²) in [7, 11) is -2.73. The van der Waals surface area contributed by atoms with Gasteiger partial charge in [-0.25, -0.2) is 8.42 Å². The third-order valence-electron chi connectivity index (χ3n) is 7.19. The number of rotatable bonds is 14. The van der Waals surface area contributed by atoms with Crippen molar-refractivity contribution in [3.63, 3.8) is 0 Å². The Hall–Kier alpha value is -4.05. The quantitative estimate of drug-likeness (QED) is 0.162. The lowest BCUT2D eigenvalue weighted by Gasteiger charge is -2.34. The first-order valence-electron chi connectivity index (χ1n) is 14.8. The second-order valence-corrected chi connectivity index (χ2v) is 13.9. The molecule has 242 valence electrons. The molecular formula is C35H37Cl2N3O5S. The smallest absolute Gasteiger partial charge is 0.264 e. The van der Waals surface area contributed by atoms with Gasteiger partial charge in [-0.05, 0) is 59.5 Å². The second-order valence-electron chi connectivity index (χ2n) is 11.2. The standard InChI is InChI=1S/C35H37Cl2N3O5S/c1-25(2)22-38-35(42)33(18-26-11-6-4-7-12-26)39(23-27-13-10-14-31(17-27)45-3)34(41)24-40(30-20-28(36)19-29(37)21-30)46(43,44)32-15-8-5-9-16-32/h4-17,19-21,25,33H,18,22-24H2,1-3H3,(H,38,42). The van der Waals surface area contributed by atoms with Gasteiger partial charge in [0.15, 0.2) is 0 Å². The van der Waals surface area contributed by atoms with E-state index in [-0.39, 0.29) is 45.4 Å². The Labute approximate surface area is 280 Å². The van der Waals surface area contributed by atoms with E-state index < -0.39 is 28.5 Å². The van der Waals surface area contributed by atoms with Crippen molar-refractivity contribution in [1.82, 2.24) is 10.2 Å². The van der Waals surface area contributed by atoms with Crippen LogP contribution >= 0.6 is 23.2 Å². The first-order valence-corrected chi connectivity index (χ1v) is 17.0. The molecule has 8 nitrogen and oxygen atoms in total. The Morgan fingerprint density at radius 2 is 1.43 bits per heavy atom. The SMILES string of the molecule is COc1cccc(CN(C(=O)CN(c2cc(Cl)cc(Cl)c2)S(=O)(=O)c2ccccc2)C(Cc2ccccc2)C(=O)NCC(C)C)c1. The van der Waals surface area contributed by atoms with Crippen LogP contribution in [0.1, 0.15) is 25.0 Å². The van der Waals surface area contributed by atoms with Crippen LogP contribution in [0.2, 0.25) is 10.0 Å². The number of methoxy groups -OCH3 is 1. The van der Waals surface area contributed by atoms with Gasteiger partial charge in [-0.2, -0.15) is 0 Å². The molecule has 0 saturated heterocycles. The maximum Gasteiger partial charge on any atom is 0.264 e. The highest BCUT2D eigenvalue weighted by molar-refractivity contribution is 7.92. The van der Waals surface area contributed by atoms with Gasteiger partial charge >= 0.3 is 0 Å². The zero-order valence-corrected chi connectivity index (χ0v) is 28.2. The fourth-order valence-corrected chi connectivity index (χ4v) is 6.81. The number of hydrogen-bond acceptors (Lipinski definition) is 5. The summed E-state index contributed by atoms with van der Waals surface area (Å²) in [6.07, 6.45) is 0.203. The van der Waals surface area contributed by atoms with Crippen LogP contribution in [0.4, 0.5) is 5.69 Å². The summed E-state index contributed by atoms with van der Waals surface area (Å²) in [5.74, 6) is -0.199. The predicted molar refractivity (Wildman–Crippen MR) is 183 cm³/mol. The van der Waals surface area contributed by atoms with Crippen molar-refractivity contribution in [2.45, 2.75) is 37.8 Å². The van der Waals surface area contributed by atoms with Crippen LogP contribution < -0.4 is 14.4 Å². The number of nitrogens with zero attached hydrogens (tertiary/aromatic N) is 2. The summed E-state index contributed by atoms with van der Waals surface area (Å²) in [5.41, 5.74) is 1.65. The first kappa shape index (κ1) is 34.8. The summed E-state index contributed by atoms with van der Waals surface area (Å²) in [6.45, 7) is 3.75. The van der Waals surface area contributed by atoms with E-state index >= 15 is 0 Å². The van der Waals surface area contributed by atoms with Crippen molar-refractivity contribution in [3.8, 4) is 5.75 Å². The van der Waals surface area contributed by atoms with Gasteiger partial charge in [0.1, 0.15) is 18.3 Å². The van der Waals surface area contributed by atoms with E-state index in [1.165, 1.54) is 35.2 Å². The third-order valence-corrected chi connectivity index (χ3v) is 9.41. The molecule has 4 aromatic rings. The average Bonchev–Trinajstić information content (AvgIpc) is 3.04. The van der Waals surface area contributed by atoms with E-state index in [4.69, 9.17) is 27.9 Å². The monoisotopic (exact) mass is 681 g/mol. The molecule has 1 N–H and O–H groups in total. The number of amides is 2. The summed E-state index contributed by atoms with van der Waals surface area (Å²) in [5, 5.41) is 3.38. The number of nitrogens with one attached hydrogen (secondary N) is 1. The van der Waals surface area contributed by atoms with Crippen molar-refractivity contribution < 1.29 is 22.7 Å². The lowest BCUT2D eigenvalue weighted by Crippen LogP contribution is -2.53. The van der Waals surface area contributed by atoms with Gasteiger partial charge in [0.25, 0.3) is 10.0 Å². The molecule has 0 spiro atoms. The molecule has 4 rings (SSSR count). The van der Waals surface area contributed by atoms with Crippen LogP contribution in [0.3, 0.4) is 0 Å². The molecule has 1 unspecified atom stereocenters. The highest BCUT2D eigenvalue weighted by Gasteiger charge is 2.35. The molecular weight excluding hydrogens is 645 g/mol. The molecule has 0 radical (unpaired) electrons. The predicted octanol–water partition coefficient (Wildman–Crippen LogP) is 6.61. The number of carbonyl (C=O) groups excluding carboxylic acids is 2. The van der Waals surface area contributed by atoms with Crippen molar-refractivity contribution >= 4 is 50.7 Å². The van der Waals surface area contributed by atoms with Crippen molar-refractivity contribution in [2.75, 3.05) is 24.5 Å². The largest absolute Gasteiger partial charge is 0.497 e. The van der Waals surface area contributed by atoms with E-state index in [1.807, 2.05) is 50.2 Å². The van der Waals surface area contributed by atoms with Gasteiger partial charge in [-0.1, -0.05) is 97.7 Å². The number of sulfonamides is 1. The molecule has 1 atom stereocenters. The van der Waals surface area contributed by atoms with Gasteiger partial charge in [0.2, 0.25) is 11.8 Å². The molecule has 0 bridgehead atoms. The summed E-state index contributed by atoms with van der Waals surface area (Å²) in [6, 6.07) is 27.7. The van der Waals surface area contributed by atoms with Crippen LogP contribution in [-0.2, 0) is 32.6 Å². The van der Waals surface area contributed by atoms with Crippen LogP contribution in [-0.4, -0.2) is 51.4 Å². The molecule has 0 aliphatic carbocycles. The summed E-state index contributed by atoms with van der Waals surface area (Å²) >= 11 is 12.6. The zero-order valence-electron chi connectivity index (χ0n) is 25.9. The number of hydrogen-bond donors (Lipinski definition) is 1. The van der Waals surface area contributed by atoms with Gasteiger partial charge in [0, 0.05) is 29.6 Å². The van der Waals surface area contributed by atoms with E-state index in [0.29, 0.717) is 17.9 Å². The van der Waals surface area contributed by atoms with Gasteiger partial charge in [-0.3, -0.25) is 13.9 Å². The Kier molecular flexibility index (Phi) is 12.1. The Balaban J connectivity index is 1.82. The molecule has 0 saturated carbocycles. The highest BCUT2D eigenvalue weighted by Crippen LogP contribution is 2.30. The topological polar surface area (TPSA) is 96.0 Å². The number of anilines is 1.